The summed E-state index contributed by atoms with van der Waals surface area (Å²) >= 11 is 1.15. The topological polar surface area (TPSA) is 98.7 Å². The van der Waals surface area contributed by atoms with E-state index in [1.165, 1.54) is 6.07 Å². The van der Waals surface area contributed by atoms with Gasteiger partial charge in [0.2, 0.25) is 0 Å². The zero-order chi connectivity index (χ0) is 13.2. The predicted octanol–water partition coefficient (Wildman–Crippen LogP) is 1.48. The number of carbonyl (C=O) groups excluding carboxylic acids is 1. The summed E-state index contributed by atoms with van der Waals surface area (Å²) in [5, 5.41) is 25.2. The van der Waals surface area contributed by atoms with Crippen LogP contribution in [0.3, 0.4) is 0 Å². The molecule has 0 aromatic carbocycles. The van der Waals surface area contributed by atoms with Gasteiger partial charge in [-0.3, -0.25) is 5.32 Å². The summed E-state index contributed by atoms with van der Waals surface area (Å²) in [5.41, 5.74) is -0.466. The van der Waals surface area contributed by atoms with Crippen molar-refractivity contribution in [2.75, 3.05) is 11.9 Å². The number of hydrogen-bond acceptors (Lipinski definition) is 4. The first-order valence-electron chi connectivity index (χ1n) is 5.57. The molecule has 0 radical (unpaired) electrons. The van der Waals surface area contributed by atoms with Gasteiger partial charge in [0.1, 0.15) is 5.00 Å². The maximum Gasteiger partial charge on any atom is 0.338 e. The van der Waals surface area contributed by atoms with E-state index in [2.05, 4.69) is 10.6 Å². The van der Waals surface area contributed by atoms with Crippen LogP contribution < -0.4 is 10.6 Å². The summed E-state index contributed by atoms with van der Waals surface area (Å²) in [6.07, 6.45) is 2.46. The molecule has 98 valence electrons. The van der Waals surface area contributed by atoms with Gasteiger partial charge in [0.05, 0.1) is 17.7 Å². The van der Waals surface area contributed by atoms with Gasteiger partial charge in [0.25, 0.3) is 0 Å². The van der Waals surface area contributed by atoms with Gasteiger partial charge in [-0.1, -0.05) is 0 Å². The van der Waals surface area contributed by atoms with Gasteiger partial charge >= 0.3 is 12.0 Å². The molecule has 1 heterocycles. The standard InChI is InChI=1S/C11H14N2O4S/c14-6-11(3-1-4-11)13-10(17)12-8-7(9(15)16)2-5-18-8/h2,5,14H,1,3-4,6H2,(H,15,16)(H2,12,13,17). The van der Waals surface area contributed by atoms with E-state index in [1.54, 1.807) is 5.38 Å². The number of urea groups is 1. The SMILES string of the molecule is O=C(Nc1sccc1C(=O)O)NC1(CO)CCC1. The Bertz CT molecular complexity index is 462. The molecule has 1 aliphatic rings. The van der Waals surface area contributed by atoms with Gasteiger partial charge in [-0.15, -0.1) is 11.3 Å². The van der Waals surface area contributed by atoms with Crippen LogP contribution in [0.25, 0.3) is 0 Å². The smallest absolute Gasteiger partial charge is 0.338 e. The fraction of sp³-hybridized carbons (Fsp3) is 0.455. The minimum absolute atomic E-state index is 0.0711. The van der Waals surface area contributed by atoms with Gasteiger partial charge < -0.3 is 15.5 Å². The van der Waals surface area contributed by atoms with Gasteiger partial charge in [-0.05, 0) is 30.7 Å². The number of thiophene rings is 1. The lowest BCUT2D eigenvalue weighted by Crippen LogP contribution is -2.57. The Morgan fingerprint density at radius 3 is 2.67 bits per heavy atom. The van der Waals surface area contributed by atoms with Crippen LogP contribution in [0.4, 0.5) is 9.80 Å². The fourth-order valence-corrected chi connectivity index (χ4v) is 2.65. The Kier molecular flexibility index (Phi) is 3.53. The molecule has 0 saturated heterocycles. The van der Waals surface area contributed by atoms with E-state index in [0.717, 1.165) is 30.6 Å². The van der Waals surface area contributed by atoms with Crippen LogP contribution in [-0.2, 0) is 0 Å². The van der Waals surface area contributed by atoms with Gasteiger partial charge in [0.15, 0.2) is 0 Å². The molecule has 1 fully saturated rings. The number of carboxylic acid groups (broad SMARTS) is 1. The Morgan fingerprint density at radius 2 is 2.17 bits per heavy atom. The van der Waals surface area contributed by atoms with Crippen molar-refractivity contribution in [3.63, 3.8) is 0 Å². The molecule has 2 rings (SSSR count). The largest absolute Gasteiger partial charge is 0.478 e. The summed E-state index contributed by atoms with van der Waals surface area (Å²) < 4.78 is 0. The Hall–Kier alpha value is -1.60. The van der Waals surface area contributed by atoms with Crippen LogP contribution >= 0.6 is 11.3 Å². The Morgan fingerprint density at radius 1 is 1.44 bits per heavy atom. The highest BCUT2D eigenvalue weighted by Gasteiger charge is 2.37. The fourth-order valence-electron chi connectivity index (χ4n) is 1.88. The molecule has 1 aromatic rings. The molecule has 1 saturated carbocycles. The number of carboxylic acids is 1. The number of amides is 2. The van der Waals surface area contributed by atoms with E-state index in [1.807, 2.05) is 0 Å². The van der Waals surface area contributed by atoms with Crippen molar-refractivity contribution < 1.29 is 19.8 Å². The molecule has 18 heavy (non-hydrogen) atoms. The summed E-state index contributed by atoms with van der Waals surface area (Å²) in [4.78, 5) is 22.6. The maximum atomic E-state index is 11.7. The van der Waals surface area contributed by atoms with Gasteiger partial charge in [-0.2, -0.15) is 0 Å². The molecule has 4 N–H and O–H groups in total. The third-order valence-electron chi connectivity index (χ3n) is 3.11. The second kappa shape index (κ2) is 4.95. The molecular weight excluding hydrogens is 256 g/mol. The van der Waals surface area contributed by atoms with Crippen molar-refractivity contribution in [2.45, 2.75) is 24.8 Å². The van der Waals surface area contributed by atoms with E-state index in [4.69, 9.17) is 5.11 Å². The lowest BCUT2D eigenvalue weighted by molar-refractivity contribution is 0.0698. The molecule has 0 unspecified atom stereocenters. The lowest BCUT2D eigenvalue weighted by Gasteiger charge is -2.40. The normalized spacial score (nSPS) is 16.7. The van der Waals surface area contributed by atoms with Crippen LogP contribution in [-0.4, -0.2) is 34.4 Å². The van der Waals surface area contributed by atoms with Crippen LogP contribution in [0.15, 0.2) is 11.4 Å². The molecule has 6 nitrogen and oxygen atoms in total. The van der Waals surface area contributed by atoms with Crippen LogP contribution in [0.5, 0.6) is 0 Å². The summed E-state index contributed by atoms with van der Waals surface area (Å²) in [6.45, 7) is -0.101. The monoisotopic (exact) mass is 270 g/mol. The van der Waals surface area contributed by atoms with Crippen molar-refractivity contribution in [1.29, 1.82) is 0 Å². The molecule has 0 aliphatic heterocycles. The van der Waals surface area contributed by atoms with Crippen molar-refractivity contribution in [3.8, 4) is 0 Å². The van der Waals surface area contributed by atoms with E-state index in [9.17, 15) is 14.7 Å². The average molecular weight is 270 g/mol. The minimum atomic E-state index is -1.08. The van der Waals surface area contributed by atoms with Crippen LogP contribution in [0, 0.1) is 0 Å². The summed E-state index contributed by atoms with van der Waals surface area (Å²) in [6, 6.07) is 0.960. The van der Waals surface area contributed by atoms with E-state index in [-0.39, 0.29) is 12.2 Å². The molecule has 2 amide bonds. The highest BCUT2D eigenvalue weighted by atomic mass is 32.1. The lowest BCUT2D eigenvalue weighted by atomic mass is 9.77. The second-order valence-electron chi connectivity index (χ2n) is 4.34. The van der Waals surface area contributed by atoms with E-state index < -0.39 is 17.5 Å². The third kappa shape index (κ3) is 2.46. The highest BCUT2D eigenvalue weighted by molar-refractivity contribution is 7.14. The Balaban J connectivity index is 1.99. The second-order valence-corrected chi connectivity index (χ2v) is 5.26. The van der Waals surface area contributed by atoms with Crippen LogP contribution in [0.1, 0.15) is 29.6 Å². The van der Waals surface area contributed by atoms with Crippen molar-refractivity contribution in [3.05, 3.63) is 17.0 Å². The first kappa shape index (κ1) is 12.8. The highest BCUT2D eigenvalue weighted by Crippen LogP contribution is 2.31. The molecule has 1 aromatic heterocycles. The Labute approximate surface area is 108 Å². The molecule has 0 spiro atoms. The zero-order valence-electron chi connectivity index (χ0n) is 9.60. The van der Waals surface area contributed by atoms with Gasteiger partial charge in [0, 0.05) is 0 Å². The molecule has 0 atom stereocenters. The number of anilines is 1. The maximum absolute atomic E-state index is 11.7. The summed E-state index contributed by atoms with van der Waals surface area (Å²) in [5.74, 6) is -1.08. The average Bonchev–Trinajstić information content (AvgIpc) is 2.71. The minimum Gasteiger partial charge on any atom is -0.478 e. The number of carbonyl (C=O) groups is 2. The summed E-state index contributed by atoms with van der Waals surface area (Å²) in [7, 11) is 0. The number of hydrogen-bond donors (Lipinski definition) is 4. The quantitative estimate of drug-likeness (QED) is 0.666. The van der Waals surface area contributed by atoms with E-state index in [0.29, 0.717) is 5.00 Å². The van der Waals surface area contributed by atoms with Crippen LogP contribution in [0.2, 0.25) is 0 Å². The zero-order valence-corrected chi connectivity index (χ0v) is 10.4. The first-order chi connectivity index (χ1) is 8.56. The number of nitrogens with one attached hydrogen (secondary N) is 2. The molecule has 7 heteroatoms. The van der Waals surface area contributed by atoms with Crippen molar-refractivity contribution in [1.82, 2.24) is 5.32 Å². The molecule has 0 bridgehead atoms. The van der Waals surface area contributed by atoms with Crippen molar-refractivity contribution in [2.24, 2.45) is 0 Å². The number of aromatic carboxylic acids is 1. The number of aliphatic hydroxyl groups excluding tert-OH is 1. The van der Waals surface area contributed by atoms with E-state index >= 15 is 0 Å². The first-order valence-corrected chi connectivity index (χ1v) is 6.45. The van der Waals surface area contributed by atoms with Crippen molar-refractivity contribution >= 4 is 28.3 Å². The predicted molar refractivity (Wildman–Crippen MR) is 67.1 cm³/mol. The molecular formula is C11H14N2O4S. The number of aliphatic hydroxyl groups is 1. The number of rotatable bonds is 4. The third-order valence-corrected chi connectivity index (χ3v) is 3.94. The van der Waals surface area contributed by atoms with Gasteiger partial charge in [-0.25, -0.2) is 9.59 Å². The molecule has 1 aliphatic carbocycles.